The molecule has 1 aromatic heterocycles. The monoisotopic (exact) mass is 258 g/mol. The summed E-state index contributed by atoms with van der Waals surface area (Å²) in [6.45, 7) is 4.87. The zero-order valence-electron chi connectivity index (χ0n) is 10.3. The largest absolute Gasteiger partial charge is 0.353 e. The van der Waals surface area contributed by atoms with Gasteiger partial charge in [-0.05, 0) is 12.0 Å². The van der Waals surface area contributed by atoms with Gasteiger partial charge in [-0.1, -0.05) is 13.8 Å². The molecule has 17 heavy (non-hydrogen) atoms. The number of hydrogen-bond donors (Lipinski definition) is 2. The zero-order chi connectivity index (χ0) is 12.9. The second-order valence-corrected chi connectivity index (χ2v) is 5.89. The van der Waals surface area contributed by atoms with Crippen molar-refractivity contribution in [2.75, 3.05) is 24.7 Å². The van der Waals surface area contributed by atoms with Gasteiger partial charge in [0.05, 0.1) is 6.26 Å². The minimum atomic E-state index is -3.13. The Morgan fingerprint density at radius 1 is 1.35 bits per heavy atom. The van der Waals surface area contributed by atoms with E-state index in [4.69, 9.17) is 0 Å². The molecule has 0 amide bonds. The molecule has 0 saturated carbocycles. The fourth-order valence-corrected chi connectivity index (χ4v) is 1.66. The summed E-state index contributed by atoms with van der Waals surface area (Å²) in [5.41, 5.74) is 0.957. The molecule has 0 saturated heterocycles. The zero-order valence-corrected chi connectivity index (χ0v) is 11.1. The molecule has 0 fully saturated rings. The van der Waals surface area contributed by atoms with Crippen LogP contribution in [-0.4, -0.2) is 37.7 Å². The maximum absolute atomic E-state index is 10.8. The molecule has 0 radical (unpaired) electrons. The third kappa shape index (κ3) is 5.60. The summed E-state index contributed by atoms with van der Waals surface area (Å²) in [7, 11) is -3.13. The van der Waals surface area contributed by atoms with Crippen molar-refractivity contribution >= 4 is 16.0 Å². The molecule has 0 spiro atoms. The lowest BCUT2D eigenvalue weighted by Crippen LogP contribution is -2.28. The first-order chi connectivity index (χ1) is 7.88. The number of hydrogen-bond acceptors (Lipinski definition) is 5. The first-order valence-electron chi connectivity index (χ1n) is 5.40. The molecule has 1 heterocycles. The number of aromatic nitrogens is 2. The van der Waals surface area contributed by atoms with Crippen molar-refractivity contribution in [3.63, 3.8) is 0 Å². The number of nitrogens with one attached hydrogen (secondary N) is 2. The fourth-order valence-electron chi connectivity index (χ4n) is 1.19. The standard InChI is InChI=1S/C10H18N4O2S/c1-8(2)9-4-5-11-10(14-9)12-6-7-13-17(3,15)16/h4-5,8,13H,6-7H2,1-3H3,(H,11,12,14). The molecule has 0 aliphatic carbocycles. The summed E-state index contributed by atoms with van der Waals surface area (Å²) in [5, 5.41) is 2.96. The van der Waals surface area contributed by atoms with E-state index < -0.39 is 10.0 Å². The van der Waals surface area contributed by atoms with Crippen LogP contribution in [0.15, 0.2) is 12.3 Å². The lowest BCUT2D eigenvalue weighted by Gasteiger charge is -2.08. The van der Waals surface area contributed by atoms with E-state index in [9.17, 15) is 8.42 Å². The number of sulfonamides is 1. The summed E-state index contributed by atoms with van der Waals surface area (Å²) >= 11 is 0. The highest BCUT2D eigenvalue weighted by Gasteiger charge is 2.03. The van der Waals surface area contributed by atoms with Crippen LogP contribution in [0.2, 0.25) is 0 Å². The Morgan fingerprint density at radius 3 is 2.65 bits per heavy atom. The quantitative estimate of drug-likeness (QED) is 0.728. The normalized spacial score (nSPS) is 11.8. The maximum Gasteiger partial charge on any atom is 0.222 e. The molecule has 1 aromatic rings. The Hall–Kier alpha value is -1.21. The van der Waals surface area contributed by atoms with Crippen molar-refractivity contribution in [2.45, 2.75) is 19.8 Å². The van der Waals surface area contributed by atoms with Gasteiger partial charge in [0.2, 0.25) is 16.0 Å². The highest BCUT2D eigenvalue weighted by Crippen LogP contribution is 2.11. The van der Waals surface area contributed by atoms with Crippen LogP contribution in [0.1, 0.15) is 25.5 Å². The van der Waals surface area contributed by atoms with Gasteiger partial charge in [0.1, 0.15) is 0 Å². The number of nitrogens with zero attached hydrogens (tertiary/aromatic N) is 2. The van der Waals surface area contributed by atoms with Crippen molar-refractivity contribution < 1.29 is 8.42 Å². The van der Waals surface area contributed by atoms with Crippen LogP contribution >= 0.6 is 0 Å². The van der Waals surface area contributed by atoms with Gasteiger partial charge in [-0.15, -0.1) is 0 Å². The van der Waals surface area contributed by atoms with E-state index >= 15 is 0 Å². The highest BCUT2D eigenvalue weighted by molar-refractivity contribution is 7.88. The van der Waals surface area contributed by atoms with Gasteiger partial charge in [-0.25, -0.2) is 23.1 Å². The molecule has 0 atom stereocenters. The van der Waals surface area contributed by atoms with E-state index in [1.807, 2.05) is 6.07 Å². The Balaban J connectivity index is 2.44. The van der Waals surface area contributed by atoms with E-state index in [2.05, 4.69) is 33.9 Å². The average molecular weight is 258 g/mol. The van der Waals surface area contributed by atoms with Gasteiger partial charge in [0.15, 0.2) is 0 Å². The molecular formula is C10H18N4O2S. The molecule has 0 aromatic carbocycles. The van der Waals surface area contributed by atoms with Crippen LogP contribution < -0.4 is 10.0 Å². The van der Waals surface area contributed by atoms with E-state index in [0.717, 1.165) is 11.9 Å². The number of anilines is 1. The molecule has 6 nitrogen and oxygen atoms in total. The lowest BCUT2D eigenvalue weighted by atomic mass is 10.1. The molecule has 0 bridgehead atoms. The second-order valence-electron chi connectivity index (χ2n) is 4.05. The lowest BCUT2D eigenvalue weighted by molar-refractivity contribution is 0.589. The van der Waals surface area contributed by atoms with E-state index in [0.29, 0.717) is 25.0 Å². The van der Waals surface area contributed by atoms with Crippen LogP contribution in [-0.2, 0) is 10.0 Å². The van der Waals surface area contributed by atoms with Crippen LogP contribution in [0.25, 0.3) is 0 Å². The van der Waals surface area contributed by atoms with Gasteiger partial charge in [-0.2, -0.15) is 0 Å². The van der Waals surface area contributed by atoms with E-state index in [1.54, 1.807) is 6.20 Å². The Labute approximate surface area is 102 Å². The van der Waals surface area contributed by atoms with Gasteiger partial charge in [-0.3, -0.25) is 0 Å². The van der Waals surface area contributed by atoms with Crippen LogP contribution in [0, 0.1) is 0 Å². The minimum absolute atomic E-state index is 0.314. The molecule has 7 heteroatoms. The Bertz CT molecular complexity index is 459. The smallest absolute Gasteiger partial charge is 0.222 e. The second kappa shape index (κ2) is 5.92. The van der Waals surface area contributed by atoms with Crippen molar-refractivity contribution in [1.29, 1.82) is 0 Å². The van der Waals surface area contributed by atoms with E-state index in [-0.39, 0.29) is 0 Å². The molecule has 0 unspecified atom stereocenters. The summed E-state index contributed by atoms with van der Waals surface area (Å²) in [6, 6.07) is 1.87. The molecule has 0 aliphatic heterocycles. The average Bonchev–Trinajstić information content (AvgIpc) is 2.23. The predicted octanol–water partition coefficient (Wildman–Crippen LogP) is 0.561. The van der Waals surface area contributed by atoms with Crippen LogP contribution in [0.4, 0.5) is 5.95 Å². The van der Waals surface area contributed by atoms with Gasteiger partial charge in [0.25, 0.3) is 0 Å². The summed E-state index contributed by atoms with van der Waals surface area (Å²) in [4.78, 5) is 8.36. The number of rotatable bonds is 6. The van der Waals surface area contributed by atoms with Crippen LogP contribution in [0.5, 0.6) is 0 Å². The summed E-state index contributed by atoms with van der Waals surface area (Å²) in [5.74, 6) is 0.860. The van der Waals surface area contributed by atoms with E-state index in [1.165, 1.54) is 0 Å². The fraction of sp³-hybridized carbons (Fsp3) is 0.600. The summed E-state index contributed by atoms with van der Waals surface area (Å²) < 4.78 is 24.0. The first-order valence-corrected chi connectivity index (χ1v) is 7.29. The van der Waals surface area contributed by atoms with Crippen molar-refractivity contribution in [2.24, 2.45) is 0 Å². The predicted molar refractivity (Wildman–Crippen MR) is 67.5 cm³/mol. The van der Waals surface area contributed by atoms with Crippen LogP contribution in [0.3, 0.4) is 0 Å². The Kier molecular flexibility index (Phi) is 4.83. The Morgan fingerprint density at radius 2 is 2.06 bits per heavy atom. The van der Waals surface area contributed by atoms with Gasteiger partial charge in [0, 0.05) is 25.0 Å². The first kappa shape index (κ1) is 13.9. The molecule has 1 rings (SSSR count). The molecule has 0 aliphatic rings. The molecule has 96 valence electrons. The highest BCUT2D eigenvalue weighted by atomic mass is 32.2. The molecule has 2 N–H and O–H groups in total. The SMILES string of the molecule is CC(C)c1ccnc(NCCNS(C)(=O)=O)n1. The third-order valence-corrected chi connectivity index (χ3v) is 2.77. The van der Waals surface area contributed by atoms with Crippen molar-refractivity contribution in [1.82, 2.24) is 14.7 Å². The maximum atomic E-state index is 10.8. The molecular weight excluding hydrogens is 240 g/mol. The minimum Gasteiger partial charge on any atom is -0.353 e. The van der Waals surface area contributed by atoms with Gasteiger partial charge < -0.3 is 5.32 Å². The van der Waals surface area contributed by atoms with Gasteiger partial charge >= 0.3 is 0 Å². The topological polar surface area (TPSA) is 84.0 Å². The third-order valence-electron chi connectivity index (χ3n) is 2.04. The van der Waals surface area contributed by atoms with Crippen molar-refractivity contribution in [3.8, 4) is 0 Å². The summed E-state index contributed by atoms with van der Waals surface area (Å²) in [6.07, 6.45) is 2.82. The van der Waals surface area contributed by atoms with Crippen molar-refractivity contribution in [3.05, 3.63) is 18.0 Å².